The van der Waals surface area contributed by atoms with Gasteiger partial charge in [0.25, 0.3) is 11.8 Å². The van der Waals surface area contributed by atoms with E-state index in [1.54, 1.807) is 30.3 Å². The molecule has 2 N–H and O–H groups in total. The Labute approximate surface area is 159 Å². The van der Waals surface area contributed by atoms with E-state index in [4.69, 9.17) is 28.6 Å². The number of thiocarbonyl (C=S) groups is 1. The van der Waals surface area contributed by atoms with Crippen molar-refractivity contribution < 1.29 is 19.4 Å². The zero-order valence-electron chi connectivity index (χ0n) is 13.5. The summed E-state index contributed by atoms with van der Waals surface area (Å²) in [7, 11) is 1.54. The Kier molecular flexibility index (Phi) is 4.92. The number of methoxy groups -OCH3 is 1. The van der Waals surface area contributed by atoms with E-state index in [0.29, 0.717) is 17.0 Å². The van der Waals surface area contributed by atoms with Gasteiger partial charge in [-0.2, -0.15) is 0 Å². The molecule has 0 unspecified atom stereocenters. The van der Waals surface area contributed by atoms with Gasteiger partial charge in [-0.15, -0.1) is 0 Å². The first-order valence-electron chi connectivity index (χ1n) is 7.44. The second kappa shape index (κ2) is 7.15. The average Bonchev–Trinajstić information content (AvgIpc) is 2.62. The number of nitrogens with zero attached hydrogens (tertiary/aromatic N) is 1. The van der Waals surface area contributed by atoms with Gasteiger partial charge in [0.1, 0.15) is 17.1 Å². The van der Waals surface area contributed by atoms with E-state index in [9.17, 15) is 14.7 Å². The van der Waals surface area contributed by atoms with E-state index >= 15 is 0 Å². The molecule has 8 heteroatoms. The van der Waals surface area contributed by atoms with Crippen LogP contribution in [0.25, 0.3) is 6.08 Å². The molecule has 1 saturated heterocycles. The first kappa shape index (κ1) is 17.9. The highest BCUT2D eigenvalue weighted by molar-refractivity contribution is 7.80. The topological polar surface area (TPSA) is 78.9 Å². The van der Waals surface area contributed by atoms with Crippen molar-refractivity contribution in [2.75, 3.05) is 12.0 Å². The fourth-order valence-corrected chi connectivity index (χ4v) is 2.87. The number of hydrogen-bond acceptors (Lipinski definition) is 5. The molecule has 0 atom stereocenters. The predicted molar refractivity (Wildman–Crippen MR) is 102 cm³/mol. The van der Waals surface area contributed by atoms with Crippen LogP contribution in [0.3, 0.4) is 0 Å². The summed E-state index contributed by atoms with van der Waals surface area (Å²) in [6.07, 6.45) is 1.39. The van der Waals surface area contributed by atoms with Crippen LogP contribution < -0.4 is 15.0 Å². The van der Waals surface area contributed by atoms with Gasteiger partial charge >= 0.3 is 0 Å². The molecule has 2 aromatic carbocycles. The third kappa shape index (κ3) is 3.40. The molecule has 26 heavy (non-hydrogen) atoms. The van der Waals surface area contributed by atoms with Gasteiger partial charge in [0.15, 0.2) is 5.11 Å². The summed E-state index contributed by atoms with van der Waals surface area (Å²) in [6.45, 7) is 0. The molecule has 0 bridgehead atoms. The van der Waals surface area contributed by atoms with Crippen molar-refractivity contribution in [2.45, 2.75) is 0 Å². The number of phenolic OH excluding ortho intramolecular Hbond substituents is 1. The number of ether oxygens (including phenoxy) is 1. The quantitative estimate of drug-likeness (QED) is 0.480. The molecule has 0 aromatic heterocycles. The van der Waals surface area contributed by atoms with E-state index in [2.05, 4.69) is 5.32 Å². The third-order valence-corrected chi connectivity index (χ3v) is 4.30. The predicted octanol–water partition coefficient (Wildman–Crippen LogP) is 2.89. The molecule has 3 rings (SSSR count). The molecule has 1 aliphatic rings. The number of benzene rings is 2. The zero-order valence-corrected chi connectivity index (χ0v) is 15.1. The Hall–Kier alpha value is -2.90. The highest BCUT2D eigenvalue weighted by Gasteiger charge is 2.34. The molecule has 1 aliphatic heterocycles. The lowest BCUT2D eigenvalue weighted by atomic mass is 10.1. The van der Waals surface area contributed by atoms with Gasteiger partial charge in [-0.3, -0.25) is 19.8 Å². The Balaban J connectivity index is 1.99. The van der Waals surface area contributed by atoms with Crippen molar-refractivity contribution in [3.63, 3.8) is 0 Å². The minimum atomic E-state index is -0.603. The van der Waals surface area contributed by atoms with Crippen LogP contribution in [0.2, 0.25) is 5.02 Å². The number of phenols is 1. The Morgan fingerprint density at radius 1 is 1.19 bits per heavy atom. The third-order valence-electron chi connectivity index (χ3n) is 3.72. The van der Waals surface area contributed by atoms with Gasteiger partial charge in [-0.05, 0) is 60.3 Å². The smallest absolute Gasteiger partial charge is 0.270 e. The van der Waals surface area contributed by atoms with Crippen molar-refractivity contribution in [3.8, 4) is 11.5 Å². The number of nitrogens with one attached hydrogen (secondary N) is 1. The van der Waals surface area contributed by atoms with Crippen LogP contribution in [0, 0.1) is 0 Å². The minimum Gasteiger partial charge on any atom is -0.506 e. The fraction of sp³-hybridized carbons (Fsp3) is 0.0556. The molecule has 1 fully saturated rings. The van der Waals surface area contributed by atoms with Crippen molar-refractivity contribution in [1.82, 2.24) is 5.32 Å². The van der Waals surface area contributed by atoms with Crippen LogP contribution in [0.4, 0.5) is 5.69 Å². The van der Waals surface area contributed by atoms with Gasteiger partial charge in [-0.1, -0.05) is 17.7 Å². The standard InChI is InChI=1S/C18H13ClN2O4S/c1-25-12-5-3-11(4-6-12)21-17(24)13(16(23)20-18(21)26)8-10-2-7-15(22)14(19)9-10/h2-9,22H,1H3,(H,20,23,26)/b13-8+. The molecular formula is C18H13ClN2O4S. The van der Waals surface area contributed by atoms with Gasteiger partial charge in [0, 0.05) is 0 Å². The van der Waals surface area contributed by atoms with Crippen molar-refractivity contribution in [3.05, 3.63) is 58.6 Å². The van der Waals surface area contributed by atoms with Crippen LogP contribution >= 0.6 is 23.8 Å². The van der Waals surface area contributed by atoms with Crippen molar-refractivity contribution in [1.29, 1.82) is 0 Å². The first-order chi connectivity index (χ1) is 12.4. The number of halogens is 1. The van der Waals surface area contributed by atoms with E-state index in [-0.39, 0.29) is 21.5 Å². The largest absolute Gasteiger partial charge is 0.506 e. The van der Waals surface area contributed by atoms with Crippen LogP contribution in [-0.2, 0) is 9.59 Å². The number of carbonyl (C=O) groups excluding carboxylic acids is 2. The Morgan fingerprint density at radius 2 is 1.88 bits per heavy atom. The molecule has 0 radical (unpaired) electrons. The molecule has 2 amide bonds. The molecule has 6 nitrogen and oxygen atoms in total. The van der Waals surface area contributed by atoms with E-state index in [1.165, 1.54) is 30.2 Å². The molecule has 132 valence electrons. The summed E-state index contributed by atoms with van der Waals surface area (Å²) in [6, 6.07) is 11.1. The maximum Gasteiger partial charge on any atom is 0.270 e. The summed E-state index contributed by atoms with van der Waals surface area (Å²) < 4.78 is 5.10. The molecule has 0 spiro atoms. The first-order valence-corrected chi connectivity index (χ1v) is 8.23. The van der Waals surface area contributed by atoms with Crippen LogP contribution in [0.5, 0.6) is 11.5 Å². The highest BCUT2D eigenvalue weighted by Crippen LogP contribution is 2.27. The van der Waals surface area contributed by atoms with Crippen molar-refractivity contribution >= 4 is 52.5 Å². The normalized spacial score (nSPS) is 16.0. The number of rotatable bonds is 3. The lowest BCUT2D eigenvalue weighted by Gasteiger charge is -2.29. The van der Waals surface area contributed by atoms with Crippen molar-refractivity contribution in [2.24, 2.45) is 0 Å². The fourth-order valence-electron chi connectivity index (χ4n) is 2.40. The summed E-state index contributed by atoms with van der Waals surface area (Å²) >= 11 is 11.0. The Bertz CT molecular complexity index is 941. The SMILES string of the molecule is COc1ccc(N2C(=O)/C(=C/c3ccc(O)c(Cl)c3)C(=O)NC2=S)cc1. The second-order valence-electron chi connectivity index (χ2n) is 5.37. The van der Waals surface area contributed by atoms with Gasteiger partial charge in [0.2, 0.25) is 0 Å². The van der Waals surface area contributed by atoms with E-state index in [1.807, 2.05) is 0 Å². The van der Waals surface area contributed by atoms with E-state index in [0.717, 1.165) is 0 Å². The minimum absolute atomic E-state index is 0.00828. The van der Waals surface area contributed by atoms with Gasteiger partial charge < -0.3 is 9.84 Å². The number of anilines is 1. The average molecular weight is 389 g/mol. The lowest BCUT2D eigenvalue weighted by molar-refractivity contribution is -0.122. The molecular weight excluding hydrogens is 376 g/mol. The van der Waals surface area contributed by atoms with Crippen LogP contribution in [-0.4, -0.2) is 29.1 Å². The maximum absolute atomic E-state index is 12.9. The number of hydrogen-bond donors (Lipinski definition) is 2. The zero-order chi connectivity index (χ0) is 18.8. The molecule has 2 aromatic rings. The van der Waals surface area contributed by atoms with Crippen LogP contribution in [0.1, 0.15) is 5.56 Å². The molecule has 0 aliphatic carbocycles. The van der Waals surface area contributed by atoms with Crippen LogP contribution in [0.15, 0.2) is 48.0 Å². The van der Waals surface area contributed by atoms with Gasteiger partial charge in [0.05, 0.1) is 17.8 Å². The Morgan fingerprint density at radius 3 is 2.50 bits per heavy atom. The number of amides is 2. The number of carbonyl (C=O) groups is 2. The summed E-state index contributed by atoms with van der Waals surface area (Å²) in [4.78, 5) is 26.3. The highest BCUT2D eigenvalue weighted by atomic mass is 35.5. The van der Waals surface area contributed by atoms with Gasteiger partial charge in [-0.25, -0.2) is 0 Å². The molecule has 1 heterocycles. The monoisotopic (exact) mass is 388 g/mol. The van der Waals surface area contributed by atoms with E-state index < -0.39 is 11.8 Å². The summed E-state index contributed by atoms with van der Waals surface area (Å²) in [5.41, 5.74) is 0.889. The summed E-state index contributed by atoms with van der Waals surface area (Å²) in [5.74, 6) is -0.626. The number of aromatic hydroxyl groups is 1. The molecule has 0 saturated carbocycles. The lowest BCUT2D eigenvalue weighted by Crippen LogP contribution is -2.54. The second-order valence-corrected chi connectivity index (χ2v) is 6.16. The summed E-state index contributed by atoms with van der Waals surface area (Å²) in [5, 5.41) is 12.1. The maximum atomic E-state index is 12.9.